The van der Waals surface area contributed by atoms with Crippen LogP contribution in [0.25, 0.3) is 0 Å². The van der Waals surface area contributed by atoms with Gasteiger partial charge in [0.15, 0.2) is 5.69 Å². The van der Waals surface area contributed by atoms with Gasteiger partial charge in [-0.15, -0.1) is 0 Å². The summed E-state index contributed by atoms with van der Waals surface area (Å²) in [4.78, 5) is 16.0. The summed E-state index contributed by atoms with van der Waals surface area (Å²) in [5.41, 5.74) is 3.32. The molecule has 0 saturated carbocycles. The van der Waals surface area contributed by atoms with Crippen LogP contribution in [-0.2, 0) is 14.4 Å². The van der Waals surface area contributed by atoms with E-state index >= 15 is 0 Å². The van der Waals surface area contributed by atoms with Crippen LogP contribution in [0.3, 0.4) is 0 Å². The molecule has 0 amide bonds. The molecule has 0 aliphatic heterocycles. The number of para-hydroxylation sites is 1. The van der Waals surface area contributed by atoms with Crippen LogP contribution >= 0.6 is 0 Å². The number of carbonyl (C=O) groups is 1. The minimum absolute atomic E-state index is 0.0941. The fraction of sp³-hybridized carbons (Fsp3) is 0.200. The molecule has 22 heavy (non-hydrogen) atoms. The van der Waals surface area contributed by atoms with Crippen molar-refractivity contribution < 1.29 is 29.4 Å². The van der Waals surface area contributed by atoms with Crippen molar-refractivity contribution in [3.8, 4) is 5.75 Å². The number of hydrogen-bond acceptors (Lipinski definition) is 6. The topological polar surface area (TPSA) is 91.0 Å². The van der Waals surface area contributed by atoms with Crippen LogP contribution in [0.1, 0.15) is 13.3 Å². The Bertz CT molecular complexity index is 677. The molecule has 2 rings (SSSR count). The zero-order valence-corrected chi connectivity index (χ0v) is 12.2. The predicted molar refractivity (Wildman–Crippen MR) is 79.1 cm³/mol. The molecule has 7 nitrogen and oxygen atoms in total. The van der Waals surface area contributed by atoms with Gasteiger partial charge in [0.05, 0.1) is 13.5 Å². The Kier molecular flexibility index (Phi) is 4.80. The maximum absolute atomic E-state index is 11.2. The monoisotopic (exact) mass is 305 g/mol. The van der Waals surface area contributed by atoms with E-state index in [9.17, 15) is 15.1 Å². The van der Waals surface area contributed by atoms with Crippen LogP contribution in [0.2, 0.25) is 0 Å². The van der Waals surface area contributed by atoms with E-state index in [1.165, 1.54) is 20.1 Å². The fourth-order valence-corrected chi connectivity index (χ4v) is 2.03. The average Bonchev–Trinajstić information content (AvgIpc) is 2.49. The van der Waals surface area contributed by atoms with Gasteiger partial charge in [0.1, 0.15) is 5.75 Å². The molecule has 1 aromatic carbocycles. The highest BCUT2D eigenvalue weighted by atomic mass is 16.6. The zero-order chi connectivity index (χ0) is 16.1. The maximum atomic E-state index is 11.2. The van der Waals surface area contributed by atoms with Crippen molar-refractivity contribution in [2.24, 2.45) is 0 Å². The lowest BCUT2D eigenvalue weighted by Crippen LogP contribution is -2.21. The minimum Gasteiger partial charge on any atom is -0.505 e. The van der Waals surface area contributed by atoms with Crippen LogP contribution in [0, 0.1) is 0 Å². The maximum Gasteiger partial charge on any atom is 0.308 e. The van der Waals surface area contributed by atoms with Crippen molar-refractivity contribution >= 4 is 23.1 Å². The minimum atomic E-state index is -0.487. The van der Waals surface area contributed by atoms with Gasteiger partial charge >= 0.3 is 5.97 Å². The van der Waals surface area contributed by atoms with Gasteiger partial charge in [0.25, 0.3) is 11.4 Å². The number of rotatable bonds is 4. The lowest BCUT2D eigenvalue weighted by Gasteiger charge is -2.11. The number of carbonyl (C=O) groups excluding carboxylic acids is 1. The molecule has 0 unspecified atom stereocenters. The van der Waals surface area contributed by atoms with E-state index in [-0.39, 0.29) is 22.9 Å². The van der Waals surface area contributed by atoms with Gasteiger partial charge in [-0.2, -0.15) is 0 Å². The fourth-order valence-electron chi connectivity index (χ4n) is 2.03. The summed E-state index contributed by atoms with van der Waals surface area (Å²) in [7, 11) is 1.39. The van der Waals surface area contributed by atoms with E-state index < -0.39 is 5.97 Å². The van der Waals surface area contributed by atoms with E-state index in [0.29, 0.717) is 12.1 Å². The third-order valence-corrected chi connectivity index (χ3v) is 2.94. The zero-order valence-electron chi connectivity index (χ0n) is 12.2. The molecule has 7 heteroatoms. The Labute approximate surface area is 127 Å². The first kappa shape index (κ1) is 15.6. The first-order valence-electron chi connectivity index (χ1n) is 6.56. The number of anilines is 1. The molecule has 0 atom stereocenters. The van der Waals surface area contributed by atoms with Crippen molar-refractivity contribution in [2.45, 2.75) is 13.3 Å². The summed E-state index contributed by atoms with van der Waals surface area (Å²) in [6.07, 6.45) is 5.47. The first-order chi connectivity index (χ1) is 10.5. The van der Waals surface area contributed by atoms with Crippen LogP contribution in [0.4, 0.5) is 11.4 Å². The van der Waals surface area contributed by atoms with Crippen LogP contribution in [-0.4, -0.2) is 33.8 Å². The number of benzene rings is 1. The number of nitrogens with one attached hydrogen (secondary N) is 1. The number of aromatic hydroxyl groups is 1. The van der Waals surface area contributed by atoms with Crippen LogP contribution < -0.4 is 5.48 Å². The summed E-state index contributed by atoms with van der Waals surface area (Å²) in [5, 5.41) is 20.4. The molecule has 116 valence electrons. The summed E-state index contributed by atoms with van der Waals surface area (Å²) in [6.45, 7) is 1.28. The molecule has 0 heterocycles. The summed E-state index contributed by atoms with van der Waals surface area (Å²) < 4.78 is 5.94. The Balaban J connectivity index is 2.51. The first-order valence-corrected chi connectivity index (χ1v) is 6.56. The molecule has 3 N–H and O–H groups in total. The second-order valence-corrected chi connectivity index (χ2v) is 4.49. The van der Waals surface area contributed by atoms with E-state index in [1.807, 2.05) is 0 Å². The average molecular weight is 305 g/mol. The lowest BCUT2D eigenvalue weighted by atomic mass is 10.1. The molecule has 0 spiro atoms. The molecular formula is C15H17N2O5+. The Hall–Kier alpha value is -2.80. The second kappa shape index (κ2) is 6.77. The van der Waals surface area contributed by atoms with Crippen molar-refractivity contribution in [3.05, 3.63) is 42.2 Å². The van der Waals surface area contributed by atoms with E-state index in [0.717, 1.165) is 4.74 Å². The molecule has 1 aliphatic rings. The molecule has 1 aliphatic carbocycles. The van der Waals surface area contributed by atoms with Gasteiger partial charge in [-0.3, -0.25) is 20.3 Å². The number of hydrogen-bond donors (Lipinski definition) is 3. The lowest BCUT2D eigenvalue weighted by molar-refractivity contribution is -0.713. The van der Waals surface area contributed by atoms with Crippen molar-refractivity contribution in [3.63, 3.8) is 0 Å². The van der Waals surface area contributed by atoms with Gasteiger partial charge in [-0.25, -0.2) is 0 Å². The third-order valence-electron chi connectivity index (χ3n) is 2.94. The number of phenolic OH excluding ortho intramolecular Hbond substituents is 1. The third kappa shape index (κ3) is 3.26. The van der Waals surface area contributed by atoms with Gasteiger partial charge < -0.3 is 9.84 Å². The van der Waals surface area contributed by atoms with Crippen LogP contribution in [0.5, 0.6) is 5.75 Å². The normalized spacial score (nSPS) is 16.0. The second-order valence-electron chi connectivity index (χ2n) is 4.49. The van der Waals surface area contributed by atoms with Gasteiger partial charge in [0, 0.05) is 17.7 Å². The smallest absolute Gasteiger partial charge is 0.308 e. The molecule has 0 saturated heterocycles. The molecule has 1 aromatic rings. The van der Waals surface area contributed by atoms with Gasteiger partial charge in [-0.1, -0.05) is 18.2 Å². The molecular weight excluding hydrogens is 288 g/mol. The Morgan fingerprint density at radius 3 is 2.86 bits per heavy atom. The van der Waals surface area contributed by atoms with Crippen molar-refractivity contribution in [1.29, 1.82) is 0 Å². The Morgan fingerprint density at radius 1 is 1.41 bits per heavy atom. The molecule has 0 aromatic heterocycles. The number of phenols is 1. The largest absolute Gasteiger partial charge is 0.505 e. The van der Waals surface area contributed by atoms with E-state index in [1.54, 1.807) is 30.4 Å². The highest BCUT2D eigenvalue weighted by Crippen LogP contribution is 2.33. The van der Waals surface area contributed by atoms with Crippen molar-refractivity contribution in [2.75, 3.05) is 12.6 Å². The number of allylic oxidation sites excluding steroid dienone is 4. The standard InChI is InChI=1S/C15H16N2O5/c1-10(18)22-14-9-4-3-6-11(14)17(20)12-7-5-8-13(19)15(12)16-21-2/h3-5,7-9,16H,6H2,1-2H3,(H-,19,20)/p+1/b17-11-. The van der Waals surface area contributed by atoms with E-state index in [2.05, 4.69) is 5.48 Å². The number of ether oxygens (including phenoxy) is 1. The summed E-state index contributed by atoms with van der Waals surface area (Å²) in [6, 6.07) is 4.61. The SMILES string of the molecule is CONc1c(O)cccc1/[N+](O)=C1\CC=CC=C1OC(C)=O. The van der Waals surface area contributed by atoms with E-state index in [4.69, 9.17) is 9.57 Å². The highest BCUT2D eigenvalue weighted by molar-refractivity contribution is 5.99. The quantitative estimate of drug-likeness (QED) is 0.260. The molecule has 0 fully saturated rings. The van der Waals surface area contributed by atoms with Crippen LogP contribution in [0.15, 0.2) is 42.2 Å². The summed E-state index contributed by atoms with van der Waals surface area (Å²) in [5.74, 6) is -0.342. The van der Waals surface area contributed by atoms with Gasteiger partial charge in [0.2, 0.25) is 5.76 Å². The molecule has 0 bridgehead atoms. The summed E-state index contributed by atoms with van der Waals surface area (Å²) >= 11 is 0. The number of esters is 1. The highest BCUT2D eigenvalue weighted by Gasteiger charge is 2.28. The predicted octanol–water partition coefficient (Wildman–Crippen LogP) is 2.25. The number of nitrogens with zero attached hydrogens (tertiary/aromatic N) is 1. The molecule has 0 radical (unpaired) electrons. The van der Waals surface area contributed by atoms with Crippen molar-refractivity contribution in [1.82, 2.24) is 0 Å². The van der Waals surface area contributed by atoms with Gasteiger partial charge in [-0.05, 0) is 12.1 Å². The Morgan fingerprint density at radius 2 is 2.18 bits per heavy atom.